The molecule has 2 aromatic rings. The van der Waals surface area contributed by atoms with Gasteiger partial charge in [0.15, 0.2) is 0 Å². The summed E-state index contributed by atoms with van der Waals surface area (Å²) in [6.45, 7) is 0. The second-order valence-electron chi connectivity index (χ2n) is 5.13. The van der Waals surface area contributed by atoms with Crippen molar-refractivity contribution in [2.75, 3.05) is 7.11 Å². The van der Waals surface area contributed by atoms with E-state index in [1.165, 1.54) is 12.1 Å². The lowest BCUT2D eigenvalue weighted by atomic mass is 10.1. The standard InChI is InChI=1S/C17H12FN3O2/c1-23-10-6-7-11-14(8-10)19-9-12-16(11)20-21(17(12)22)15-5-3-2-4-13(15)18/h2-9,19H,1H3. The molecule has 0 radical (unpaired) electrons. The molecule has 0 aromatic heterocycles. The summed E-state index contributed by atoms with van der Waals surface area (Å²) in [7, 11) is 1.59. The number of aromatic amines is 1. The van der Waals surface area contributed by atoms with Gasteiger partial charge in [-0.3, -0.25) is 4.79 Å². The van der Waals surface area contributed by atoms with Crippen molar-refractivity contribution in [3.63, 3.8) is 0 Å². The van der Waals surface area contributed by atoms with Crippen LogP contribution in [0.3, 0.4) is 0 Å². The number of methoxy groups -OCH3 is 1. The quantitative estimate of drug-likeness (QED) is 0.619. The lowest BCUT2D eigenvalue weighted by molar-refractivity contribution is 0.415. The molecule has 6 heteroatoms. The number of aromatic nitrogens is 3. The molecule has 0 unspecified atom stereocenters. The molecule has 4 rings (SSSR count). The number of H-pyrrole nitrogens is 1. The summed E-state index contributed by atoms with van der Waals surface area (Å²) in [5, 5.41) is 5.10. The molecule has 1 N–H and O–H groups in total. The second-order valence-corrected chi connectivity index (χ2v) is 5.13. The van der Waals surface area contributed by atoms with Gasteiger partial charge >= 0.3 is 0 Å². The summed E-state index contributed by atoms with van der Waals surface area (Å²) in [6.07, 6.45) is 1.59. The molecule has 0 atom stereocenters. The fourth-order valence-corrected chi connectivity index (χ4v) is 2.66. The molecule has 2 heterocycles. The largest absolute Gasteiger partial charge is 0.497 e. The van der Waals surface area contributed by atoms with Crippen LogP contribution in [0.2, 0.25) is 0 Å². The van der Waals surface area contributed by atoms with E-state index in [9.17, 15) is 9.18 Å². The minimum atomic E-state index is -0.493. The van der Waals surface area contributed by atoms with Gasteiger partial charge in [-0.15, -0.1) is 0 Å². The number of ether oxygens (including phenoxy) is 1. The number of fused-ring (bicyclic) bond motifs is 3. The number of hydrogen-bond acceptors (Lipinski definition) is 3. The zero-order valence-corrected chi connectivity index (χ0v) is 12.2. The number of hydrogen-bond donors (Lipinski definition) is 1. The van der Waals surface area contributed by atoms with E-state index in [1.54, 1.807) is 31.5 Å². The highest BCUT2D eigenvalue weighted by molar-refractivity contribution is 5.93. The zero-order valence-electron chi connectivity index (χ0n) is 12.2. The average Bonchev–Trinajstić information content (AvgIpc) is 2.92. The van der Waals surface area contributed by atoms with Gasteiger partial charge in [0, 0.05) is 17.6 Å². The molecule has 2 aromatic carbocycles. The van der Waals surface area contributed by atoms with Crippen molar-refractivity contribution in [1.82, 2.24) is 14.8 Å². The van der Waals surface area contributed by atoms with Crippen molar-refractivity contribution < 1.29 is 9.13 Å². The molecule has 2 aliphatic rings. The molecule has 0 saturated heterocycles. The molecular formula is C17H12FN3O2. The number of halogens is 1. The highest BCUT2D eigenvalue weighted by Crippen LogP contribution is 2.28. The van der Waals surface area contributed by atoms with E-state index in [1.807, 2.05) is 12.1 Å². The molecule has 0 fully saturated rings. The second kappa shape index (κ2) is 4.95. The Morgan fingerprint density at radius 2 is 2.04 bits per heavy atom. The van der Waals surface area contributed by atoms with Crippen LogP contribution in [-0.2, 0) is 0 Å². The zero-order chi connectivity index (χ0) is 16.0. The third-order valence-corrected chi connectivity index (χ3v) is 3.81. The van der Waals surface area contributed by atoms with Crippen molar-refractivity contribution in [2.45, 2.75) is 0 Å². The molecule has 2 aliphatic heterocycles. The Labute approximate surface area is 130 Å². The van der Waals surface area contributed by atoms with Crippen LogP contribution in [0.4, 0.5) is 4.39 Å². The first-order valence-electron chi connectivity index (χ1n) is 7.02. The number of nitrogens with one attached hydrogen (secondary N) is 1. The third-order valence-electron chi connectivity index (χ3n) is 3.81. The SMILES string of the molecule is COc1ccc2c3nn(-c4ccccc4F)c(=O)c-3c[nH]c2c1. The van der Waals surface area contributed by atoms with Crippen molar-refractivity contribution in [3.05, 3.63) is 64.8 Å². The van der Waals surface area contributed by atoms with Crippen LogP contribution in [0.5, 0.6) is 5.75 Å². The van der Waals surface area contributed by atoms with Gasteiger partial charge in [-0.25, -0.2) is 4.39 Å². The van der Waals surface area contributed by atoms with Crippen LogP contribution in [-0.4, -0.2) is 21.9 Å². The van der Waals surface area contributed by atoms with Gasteiger partial charge in [-0.05, 0) is 24.3 Å². The first kappa shape index (κ1) is 13.5. The van der Waals surface area contributed by atoms with E-state index in [4.69, 9.17) is 4.74 Å². The molecule has 114 valence electrons. The maximum atomic E-state index is 14.0. The molecule has 0 bridgehead atoms. The van der Waals surface area contributed by atoms with E-state index in [2.05, 4.69) is 10.1 Å². The summed E-state index contributed by atoms with van der Waals surface area (Å²) >= 11 is 0. The summed E-state index contributed by atoms with van der Waals surface area (Å²) < 4.78 is 20.3. The lowest BCUT2D eigenvalue weighted by Gasteiger charge is -2.05. The van der Waals surface area contributed by atoms with Crippen LogP contribution in [0.15, 0.2) is 53.5 Å². The van der Waals surface area contributed by atoms with E-state index >= 15 is 0 Å². The Hall–Kier alpha value is -3.15. The smallest absolute Gasteiger partial charge is 0.282 e. The summed E-state index contributed by atoms with van der Waals surface area (Å²) in [5.74, 6) is 0.205. The number of pyridine rings is 1. The monoisotopic (exact) mass is 309 g/mol. The topological polar surface area (TPSA) is 59.9 Å². The molecule has 0 spiro atoms. The predicted molar refractivity (Wildman–Crippen MR) is 84.8 cm³/mol. The van der Waals surface area contributed by atoms with Gasteiger partial charge in [-0.2, -0.15) is 9.78 Å². The predicted octanol–water partition coefficient (Wildman–Crippen LogP) is 2.97. The highest BCUT2D eigenvalue weighted by Gasteiger charge is 2.20. The summed E-state index contributed by atoms with van der Waals surface area (Å²) in [4.78, 5) is 15.6. The maximum absolute atomic E-state index is 14.0. The number of benzene rings is 2. The van der Waals surface area contributed by atoms with Gasteiger partial charge in [0.25, 0.3) is 5.56 Å². The Kier molecular flexibility index (Phi) is 2.90. The molecule has 23 heavy (non-hydrogen) atoms. The minimum absolute atomic E-state index is 0.135. The van der Waals surface area contributed by atoms with Crippen LogP contribution >= 0.6 is 0 Å². The van der Waals surface area contributed by atoms with Crippen LogP contribution in [0, 0.1) is 5.82 Å². The first-order valence-corrected chi connectivity index (χ1v) is 7.02. The summed E-state index contributed by atoms with van der Waals surface area (Å²) in [5.41, 5.74) is 1.49. The normalized spacial score (nSPS) is 11.2. The Bertz CT molecular complexity index is 1050. The van der Waals surface area contributed by atoms with Gasteiger partial charge in [0.2, 0.25) is 0 Å². The van der Waals surface area contributed by atoms with E-state index < -0.39 is 5.82 Å². The van der Waals surface area contributed by atoms with E-state index in [0.717, 1.165) is 15.6 Å². The van der Waals surface area contributed by atoms with Gasteiger partial charge in [0.05, 0.1) is 18.2 Å². The lowest BCUT2D eigenvalue weighted by Crippen LogP contribution is -2.15. The maximum Gasteiger partial charge on any atom is 0.282 e. The van der Waals surface area contributed by atoms with Crippen LogP contribution in [0.1, 0.15) is 0 Å². The van der Waals surface area contributed by atoms with Crippen molar-refractivity contribution >= 4 is 10.9 Å². The summed E-state index contributed by atoms with van der Waals surface area (Å²) in [6, 6.07) is 11.5. The Morgan fingerprint density at radius 1 is 1.22 bits per heavy atom. The average molecular weight is 309 g/mol. The van der Waals surface area contributed by atoms with Gasteiger partial charge < -0.3 is 9.72 Å². The van der Waals surface area contributed by atoms with Crippen molar-refractivity contribution in [1.29, 1.82) is 0 Å². The van der Waals surface area contributed by atoms with Crippen LogP contribution in [0.25, 0.3) is 27.8 Å². The molecule has 0 aliphatic carbocycles. The fraction of sp³-hybridized carbons (Fsp3) is 0.0588. The Morgan fingerprint density at radius 3 is 2.83 bits per heavy atom. The van der Waals surface area contributed by atoms with Crippen LogP contribution < -0.4 is 10.3 Å². The number of nitrogens with zero attached hydrogens (tertiary/aromatic N) is 2. The van der Waals surface area contributed by atoms with E-state index in [-0.39, 0.29) is 11.2 Å². The minimum Gasteiger partial charge on any atom is -0.497 e. The first-order chi connectivity index (χ1) is 11.2. The van der Waals surface area contributed by atoms with Crippen molar-refractivity contribution in [2.24, 2.45) is 0 Å². The van der Waals surface area contributed by atoms with Gasteiger partial charge in [0.1, 0.15) is 22.9 Å². The molecule has 5 nitrogen and oxygen atoms in total. The molecular weight excluding hydrogens is 297 g/mol. The van der Waals surface area contributed by atoms with Crippen molar-refractivity contribution in [3.8, 4) is 22.7 Å². The third kappa shape index (κ3) is 1.99. The number of para-hydroxylation sites is 1. The van der Waals surface area contributed by atoms with Gasteiger partial charge in [-0.1, -0.05) is 12.1 Å². The number of rotatable bonds is 2. The molecule has 0 saturated carbocycles. The highest BCUT2D eigenvalue weighted by atomic mass is 19.1. The molecule has 0 amide bonds. The fourth-order valence-electron chi connectivity index (χ4n) is 2.66. The van der Waals surface area contributed by atoms with E-state index in [0.29, 0.717) is 17.0 Å². The Balaban J connectivity index is 2.04.